The van der Waals surface area contributed by atoms with Crippen LogP contribution >= 0.6 is 11.8 Å². The Kier molecular flexibility index (Phi) is 7.54. The van der Waals surface area contributed by atoms with Gasteiger partial charge in [0.2, 0.25) is 11.7 Å². The van der Waals surface area contributed by atoms with E-state index >= 15 is 0 Å². The number of hydrogen-bond donors (Lipinski definition) is 3. The van der Waals surface area contributed by atoms with Gasteiger partial charge in [-0.05, 0) is 25.3 Å². The van der Waals surface area contributed by atoms with E-state index in [1.807, 2.05) is 25.1 Å². The first-order valence-electron chi connectivity index (χ1n) is 9.29. The van der Waals surface area contributed by atoms with Crippen LogP contribution in [0.3, 0.4) is 0 Å². The van der Waals surface area contributed by atoms with E-state index in [4.69, 9.17) is 4.74 Å². The van der Waals surface area contributed by atoms with Gasteiger partial charge in [-0.3, -0.25) is 9.78 Å². The topological polar surface area (TPSA) is 95.7 Å². The summed E-state index contributed by atoms with van der Waals surface area (Å²) in [5, 5.41) is 3.12. The van der Waals surface area contributed by atoms with Crippen LogP contribution in [-0.4, -0.2) is 38.8 Å². The molecule has 0 unspecified atom stereocenters. The van der Waals surface area contributed by atoms with E-state index in [0.717, 1.165) is 35.7 Å². The summed E-state index contributed by atoms with van der Waals surface area (Å²) in [6, 6.07) is 10.2. The Labute approximate surface area is 168 Å². The number of aromatic nitrogens is 4. The van der Waals surface area contributed by atoms with Crippen LogP contribution in [0.1, 0.15) is 23.4 Å². The minimum atomic E-state index is -0.267. The van der Waals surface area contributed by atoms with Crippen LogP contribution in [0.25, 0.3) is 0 Å². The first-order chi connectivity index (χ1) is 13.7. The molecule has 0 atom stereocenters. The normalized spacial score (nSPS) is 10.8. The zero-order valence-electron chi connectivity index (χ0n) is 15.9. The summed E-state index contributed by atoms with van der Waals surface area (Å²) in [6.07, 6.45) is 4.95. The third-order valence-electron chi connectivity index (χ3n) is 4.19. The number of thioether (sulfide) groups is 1. The summed E-state index contributed by atoms with van der Waals surface area (Å²) in [6.45, 7) is 3.20. The number of H-pyrrole nitrogens is 2. The van der Waals surface area contributed by atoms with Crippen molar-refractivity contribution in [2.45, 2.75) is 25.5 Å². The molecule has 3 N–H and O–H groups in total. The smallest absolute Gasteiger partial charge is 0.294 e. The van der Waals surface area contributed by atoms with Crippen LogP contribution in [0.15, 0.2) is 47.7 Å². The monoisotopic (exact) mass is 399 g/mol. The molecule has 0 fully saturated rings. The van der Waals surface area contributed by atoms with Crippen molar-refractivity contribution >= 4 is 17.7 Å². The van der Waals surface area contributed by atoms with Gasteiger partial charge in [-0.1, -0.05) is 30.3 Å². The summed E-state index contributed by atoms with van der Waals surface area (Å²) in [5.41, 5.74) is 3.17. The van der Waals surface area contributed by atoms with Gasteiger partial charge >= 0.3 is 0 Å². The Morgan fingerprint density at radius 1 is 1.21 bits per heavy atom. The Balaban J connectivity index is 1.35. The number of aryl methyl sites for hydroxylation is 2. The van der Waals surface area contributed by atoms with Gasteiger partial charge in [0.05, 0.1) is 24.8 Å². The highest BCUT2D eigenvalue weighted by atomic mass is 32.2. The summed E-state index contributed by atoms with van der Waals surface area (Å²) >= 11 is 1.77. The molecule has 8 heteroatoms. The zero-order valence-corrected chi connectivity index (χ0v) is 16.7. The number of rotatable bonds is 11. The molecule has 1 aromatic carbocycles. The van der Waals surface area contributed by atoms with Gasteiger partial charge in [0, 0.05) is 23.7 Å². The summed E-state index contributed by atoms with van der Waals surface area (Å²) < 4.78 is 5.56. The number of anilines is 1. The molecule has 2 aromatic heterocycles. The molecule has 3 aromatic rings. The summed E-state index contributed by atoms with van der Waals surface area (Å²) in [5.74, 6) is 2.45. The number of benzene rings is 1. The fraction of sp³-hybridized carbons (Fsp3) is 0.350. The van der Waals surface area contributed by atoms with Gasteiger partial charge in [-0.25, -0.2) is 9.97 Å². The molecule has 0 radical (unpaired) electrons. The van der Waals surface area contributed by atoms with Crippen molar-refractivity contribution in [2.24, 2.45) is 0 Å². The molecule has 28 heavy (non-hydrogen) atoms. The molecular formula is C20H25N5O2S. The van der Waals surface area contributed by atoms with Gasteiger partial charge in [-0.15, -0.1) is 0 Å². The van der Waals surface area contributed by atoms with Gasteiger partial charge in [0.25, 0.3) is 5.56 Å². The average molecular weight is 400 g/mol. The lowest BCUT2D eigenvalue weighted by atomic mass is 10.1. The van der Waals surface area contributed by atoms with Crippen LogP contribution in [0.2, 0.25) is 0 Å². The quantitative estimate of drug-likeness (QED) is 0.429. The maximum atomic E-state index is 12.1. The van der Waals surface area contributed by atoms with Gasteiger partial charge < -0.3 is 15.0 Å². The third-order valence-corrected chi connectivity index (χ3v) is 5.16. The van der Waals surface area contributed by atoms with E-state index < -0.39 is 0 Å². The second kappa shape index (κ2) is 10.6. The van der Waals surface area contributed by atoms with E-state index in [2.05, 4.69) is 37.4 Å². The van der Waals surface area contributed by atoms with Crippen molar-refractivity contribution in [3.05, 3.63) is 70.2 Å². The van der Waals surface area contributed by atoms with Gasteiger partial charge in [0.15, 0.2) is 0 Å². The predicted octanol–water partition coefficient (Wildman–Crippen LogP) is 3.16. The second-order valence-corrected chi connectivity index (χ2v) is 7.42. The molecule has 2 heterocycles. The third kappa shape index (κ3) is 6.16. The lowest BCUT2D eigenvalue weighted by Crippen LogP contribution is -2.17. The number of hydrogen-bond acceptors (Lipinski definition) is 6. The maximum Gasteiger partial charge on any atom is 0.294 e. The van der Waals surface area contributed by atoms with Crippen LogP contribution < -0.4 is 15.6 Å². The highest BCUT2D eigenvalue weighted by Gasteiger charge is 2.04. The van der Waals surface area contributed by atoms with Crippen LogP contribution in [0.4, 0.5) is 5.95 Å². The number of nitrogens with one attached hydrogen (secondary N) is 3. The first kappa shape index (κ1) is 20.0. The fourth-order valence-electron chi connectivity index (χ4n) is 2.62. The average Bonchev–Trinajstić information content (AvgIpc) is 3.12. The van der Waals surface area contributed by atoms with E-state index in [1.165, 1.54) is 11.8 Å². The van der Waals surface area contributed by atoms with E-state index in [0.29, 0.717) is 19.1 Å². The maximum absolute atomic E-state index is 12.1. The molecule has 0 bridgehead atoms. The minimum absolute atomic E-state index is 0.252. The Morgan fingerprint density at radius 3 is 2.82 bits per heavy atom. The standard InChI is InChI=1S/C20H25N5O2S/c1-15-17(24-14-23-15)13-28-11-9-21-20-22-12-18(19(26)25-20)27-10-5-8-16-6-3-2-4-7-16/h2-4,6-7,12,14H,5,8-11,13H2,1H3,(H,23,24)(H2,21,22,25,26). The largest absolute Gasteiger partial charge is 0.487 e. The highest BCUT2D eigenvalue weighted by molar-refractivity contribution is 7.98. The number of ether oxygens (including phenoxy) is 1. The first-order valence-corrected chi connectivity index (χ1v) is 10.4. The van der Waals surface area contributed by atoms with Gasteiger partial charge in [-0.2, -0.15) is 11.8 Å². The fourth-order valence-corrected chi connectivity index (χ4v) is 3.50. The number of nitrogens with zero attached hydrogens (tertiary/aromatic N) is 2. The summed E-state index contributed by atoms with van der Waals surface area (Å²) in [4.78, 5) is 26.4. The van der Waals surface area contributed by atoms with E-state index in [1.54, 1.807) is 18.1 Å². The minimum Gasteiger partial charge on any atom is -0.487 e. The molecule has 0 amide bonds. The SMILES string of the molecule is Cc1[nH]cnc1CSCCNc1ncc(OCCCc2ccccc2)c(=O)[nH]1. The highest BCUT2D eigenvalue weighted by Crippen LogP contribution is 2.12. The Morgan fingerprint density at radius 2 is 2.07 bits per heavy atom. The van der Waals surface area contributed by atoms with Gasteiger partial charge in [0.1, 0.15) is 0 Å². The van der Waals surface area contributed by atoms with E-state index in [9.17, 15) is 4.79 Å². The molecule has 3 rings (SSSR count). The van der Waals surface area contributed by atoms with Crippen LogP contribution in [0, 0.1) is 6.92 Å². The molecule has 0 aliphatic heterocycles. The lowest BCUT2D eigenvalue weighted by Gasteiger charge is -2.08. The lowest BCUT2D eigenvalue weighted by molar-refractivity contribution is 0.305. The van der Waals surface area contributed by atoms with Crippen LogP contribution in [-0.2, 0) is 12.2 Å². The molecule has 0 aliphatic carbocycles. The second-order valence-electron chi connectivity index (χ2n) is 6.32. The van der Waals surface area contributed by atoms with Crippen LogP contribution in [0.5, 0.6) is 5.75 Å². The Hall–Kier alpha value is -2.74. The molecule has 148 valence electrons. The van der Waals surface area contributed by atoms with E-state index in [-0.39, 0.29) is 11.3 Å². The van der Waals surface area contributed by atoms with Crippen molar-refractivity contribution in [1.29, 1.82) is 0 Å². The van der Waals surface area contributed by atoms with Crippen molar-refractivity contribution in [2.75, 3.05) is 24.2 Å². The van der Waals surface area contributed by atoms with Crippen molar-refractivity contribution in [3.8, 4) is 5.75 Å². The molecule has 7 nitrogen and oxygen atoms in total. The molecule has 0 aliphatic rings. The molecule has 0 spiro atoms. The number of aromatic amines is 2. The molecular weight excluding hydrogens is 374 g/mol. The van der Waals surface area contributed by atoms with Crippen molar-refractivity contribution in [1.82, 2.24) is 19.9 Å². The summed E-state index contributed by atoms with van der Waals surface area (Å²) in [7, 11) is 0. The molecule has 0 saturated carbocycles. The zero-order chi connectivity index (χ0) is 19.6. The van der Waals surface area contributed by atoms with Crippen molar-refractivity contribution in [3.63, 3.8) is 0 Å². The number of imidazole rings is 1. The molecule has 0 saturated heterocycles. The predicted molar refractivity (Wildman–Crippen MR) is 113 cm³/mol. The Bertz CT molecular complexity index is 910. The van der Waals surface area contributed by atoms with Crippen molar-refractivity contribution < 1.29 is 4.74 Å².